The number of imidazole rings is 1. The molecule has 3 aromatic heterocycles. The average molecular weight is 419 g/mol. The predicted octanol–water partition coefficient (Wildman–Crippen LogP) is 3.22. The number of amides is 2. The standard InChI is InChI=1S/C21H15ClN6O2/c1-27(14-3-5-18(22)24-8-14)21(30)16-11-28-17(9-25-19(28)10-23-16)12-2-4-15-13(6-12)7-20(29)26-15/h2-6,8-11H,7H2,1H3,(H,26,29). The van der Waals surface area contributed by atoms with Crippen LogP contribution in [0.4, 0.5) is 11.4 Å². The number of pyridine rings is 1. The summed E-state index contributed by atoms with van der Waals surface area (Å²) >= 11 is 5.82. The number of hydrogen-bond donors (Lipinski definition) is 1. The third-order valence-electron chi connectivity index (χ3n) is 5.04. The summed E-state index contributed by atoms with van der Waals surface area (Å²) in [4.78, 5) is 38.7. The van der Waals surface area contributed by atoms with Gasteiger partial charge in [-0.05, 0) is 29.8 Å². The molecule has 2 amide bonds. The Morgan fingerprint density at radius 1 is 1.13 bits per heavy atom. The lowest BCUT2D eigenvalue weighted by molar-refractivity contribution is -0.115. The molecule has 1 N–H and O–H groups in total. The SMILES string of the molecule is CN(C(=O)c1cn2c(-c3ccc4c(c3)CC(=O)N4)cnc2cn1)c1ccc(Cl)nc1. The van der Waals surface area contributed by atoms with Gasteiger partial charge in [0.05, 0.1) is 36.4 Å². The molecule has 4 aromatic rings. The Balaban J connectivity index is 1.52. The van der Waals surface area contributed by atoms with Crippen molar-refractivity contribution < 1.29 is 9.59 Å². The summed E-state index contributed by atoms with van der Waals surface area (Å²) < 4.78 is 1.82. The molecule has 0 bridgehead atoms. The second kappa shape index (κ2) is 6.93. The fraction of sp³-hybridized carbons (Fsp3) is 0.0952. The number of halogens is 1. The summed E-state index contributed by atoms with van der Waals surface area (Å²) in [7, 11) is 1.65. The highest BCUT2D eigenvalue weighted by atomic mass is 35.5. The summed E-state index contributed by atoms with van der Waals surface area (Å²) in [6, 6.07) is 9.10. The third-order valence-corrected chi connectivity index (χ3v) is 5.27. The Labute approximate surface area is 176 Å². The predicted molar refractivity (Wildman–Crippen MR) is 113 cm³/mol. The van der Waals surface area contributed by atoms with Gasteiger partial charge in [-0.2, -0.15) is 0 Å². The Morgan fingerprint density at radius 2 is 2.00 bits per heavy atom. The summed E-state index contributed by atoms with van der Waals surface area (Å²) in [6.07, 6.45) is 6.83. The van der Waals surface area contributed by atoms with Crippen molar-refractivity contribution >= 4 is 40.4 Å². The number of anilines is 2. The van der Waals surface area contributed by atoms with Crippen molar-refractivity contribution in [1.29, 1.82) is 0 Å². The van der Waals surface area contributed by atoms with Crippen LogP contribution in [0.5, 0.6) is 0 Å². The van der Waals surface area contributed by atoms with Crippen LogP contribution in [0.25, 0.3) is 16.9 Å². The minimum absolute atomic E-state index is 0.0166. The highest BCUT2D eigenvalue weighted by molar-refractivity contribution is 6.29. The topological polar surface area (TPSA) is 92.5 Å². The van der Waals surface area contributed by atoms with Gasteiger partial charge < -0.3 is 10.2 Å². The fourth-order valence-corrected chi connectivity index (χ4v) is 3.57. The largest absolute Gasteiger partial charge is 0.326 e. The second-order valence-electron chi connectivity index (χ2n) is 6.94. The molecule has 1 aliphatic heterocycles. The van der Waals surface area contributed by atoms with Crippen LogP contribution in [0.3, 0.4) is 0 Å². The summed E-state index contributed by atoms with van der Waals surface area (Å²) in [5.74, 6) is -0.304. The molecular weight excluding hydrogens is 404 g/mol. The van der Waals surface area contributed by atoms with Gasteiger partial charge in [0, 0.05) is 24.5 Å². The number of fused-ring (bicyclic) bond motifs is 2. The van der Waals surface area contributed by atoms with Crippen LogP contribution in [0, 0.1) is 0 Å². The maximum absolute atomic E-state index is 13.0. The Morgan fingerprint density at radius 3 is 2.80 bits per heavy atom. The monoisotopic (exact) mass is 418 g/mol. The number of nitrogens with zero attached hydrogens (tertiary/aromatic N) is 5. The van der Waals surface area contributed by atoms with Gasteiger partial charge in [-0.1, -0.05) is 17.7 Å². The van der Waals surface area contributed by atoms with Crippen LogP contribution in [0.15, 0.2) is 55.1 Å². The number of carbonyl (C=O) groups excluding carboxylic acids is 2. The van der Waals surface area contributed by atoms with E-state index in [1.54, 1.807) is 37.8 Å². The number of carbonyl (C=O) groups is 2. The average Bonchev–Trinajstić information content (AvgIpc) is 3.34. The molecule has 0 saturated heterocycles. The fourth-order valence-electron chi connectivity index (χ4n) is 3.46. The number of hydrogen-bond acceptors (Lipinski definition) is 5. The molecule has 30 heavy (non-hydrogen) atoms. The van der Waals surface area contributed by atoms with E-state index in [4.69, 9.17) is 11.6 Å². The lowest BCUT2D eigenvalue weighted by Gasteiger charge is -2.16. The van der Waals surface area contributed by atoms with Gasteiger partial charge in [0.25, 0.3) is 5.91 Å². The molecule has 0 fully saturated rings. The molecule has 0 saturated carbocycles. The van der Waals surface area contributed by atoms with Crippen LogP contribution in [-0.4, -0.2) is 38.2 Å². The molecule has 0 spiro atoms. The lowest BCUT2D eigenvalue weighted by Crippen LogP contribution is -2.27. The zero-order valence-electron chi connectivity index (χ0n) is 15.8. The molecule has 0 radical (unpaired) electrons. The van der Waals surface area contributed by atoms with E-state index in [1.807, 2.05) is 22.6 Å². The zero-order valence-corrected chi connectivity index (χ0v) is 16.6. The first-order valence-electron chi connectivity index (χ1n) is 9.15. The highest BCUT2D eigenvalue weighted by Gasteiger charge is 2.20. The van der Waals surface area contributed by atoms with Crippen molar-refractivity contribution in [3.8, 4) is 11.3 Å². The summed E-state index contributed by atoms with van der Waals surface area (Å²) in [5, 5.41) is 3.18. The van der Waals surface area contributed by atoms with Gasteiger partial charge >= 0.3 is 0 Å². The van der Waals surface area contributed by atoms with Crippen LogP contribution < -0.4 is 10.2 Å². The summed E-state index contributed by atoms with van der Waals surface area (Å²) in [5.41, 5.74) is 4.95. The number of rotatable bonds is 3. The van der Waals surface area contributed by atoms with Gasteiger partial charge in [-0.25, -0.2) is 15.0 Å². The highest BCUT2D eigenvalue weighted by Crippen LogP contribution is 2.29. The molecule has 8 nitrogen and oxygen atoms in total. The van der Waals surface area contributed by atoms with E-state index in [0.29, 0.717) is 22.9 Å². The number of aromatic nitrogens is 4. The maximum Gasteiger partial charge on any atom is 0.278 e. The molecular formula is C21H15ClN6O2. The molecule has 0 aliphatic carbocycles. The Kier molecular flexibility index (Phi) is 4.22. The van der Waals surface area contributed by atoms with Crippen molar-refractivity contribution in [2.45, 2.75) is 6.42 Å². The molecule has 0 atom stereocenters. The first kappa shape index (κ1) is 18.3. The lowest BCUT2D eigenvalue weighted by atomic mass is 10.1. The van der Waals surface area contributed by atoms with Gasteiger partial charge in [0.1, 0.15) is 10.8 Å². The molecule has 1 aliphatic rings. The van der Waals surface area contributed by atoms with E-state index in [0.717, 1.165) is 22.5 Å². The molecule has 4 heterocycles. The molecule has 5 rings (SSSR count). The zero-order chi connectivity index (χ0) is 20.8. The van der Waals surface area contributed by atoms with Crippen LogP contribution in [0.2, 0.25) is 5.15 Å². The van der Waals surface area contributed by atoms with Crippen LogP contribution in [0.1, 0.15) is 16.1 Å². The van der Waals surface area contributed by atoms with Gasteiger partial charge in [0.15, 0.2) is 5.65 Å². The van der Waals surface area contributed by atoms with Crippen molar-refractivity contribution in [2.75, 3.05) is 17.3 Å². The van der Waals surface area contributed by atoms with E-state index in [9.17, 15) is 9.59 Å². The maximum atomic E-state index is 13.0. The molecule has 1 aromatic carbocycles. The second-order valence-corrected chi connectivity index (χ2v) is 7.33. The van der Waals surface area contributed by atoms with Crippen LogP contribution >= 0.6 is 11.6 Å². The first-order chi connectivity index (χ1) is 14.5. The van der Waals surface area contributed by atoms with Gasteiger partial charge in [0.2, 0.25) is 5.91 Å². The first-order valence-corrected chi connectivity index (χ1v) is 9.53. The minimum Gasteiger partial charge on any atom is -0.326 e. The Bertz CT molecular complexity index is 1320. The number of benzene rings is 1. The molecule has 0 unspecified atom stereocenters. The van der Waals surface area contributed by atoms with Crippen molar-refractivity contribution in [1.82, 2.24) is 19.4 Å². The van der Waals surface area contributed by atoms with Crippen LogP contribution in [-0.2, 0) is 11.2 Å². The van der Waals surface area contributed by atoms with Crippen molar-refractivity contribution in [2.24, 2.45) is 0 Å². The normalized spacial score (nSPS) is 12.7. The van der Waals surface area contributed by atoms with E-state index in [1.165, 1.54) is 11.1 Å². The summed E-state index contributed by atoms with van der Waals surface area (Å²) in [6.45, 7) is 0. The van der Waals surface area contributed by atoms with E-state index in [2.05, 4.69) is 20.3 Å². The molecule has 148 valence electrons. The quantitative estimate of drug-likeness (QED) is 0.516. The molecule has 9 heteroatoms. The van der Waals surface area contributed by atoms with E-state index in [-0.39, 0.29) is 17.5 Å². The van der Waals surface area contributed by atoms with E-state index < -0.39 is 0 Å². The Hall–Kier alpha value is -3.78. The van der Waals surface area contributed by atoms with Crippen molar-refractivity contribution in [3.63, 3.8) is 0 Å². The van der Waals surface area contributed by atoms with Gasteiger partial charge in [-0.3, -0.25) is 14.0 Å². The third kappa shape index (κ3) is 3.07. The van der Waals surface area contributed by atoms with Crippen molar-refractivity contribution in [3.05, 3.63) is 71.5 Å². The van der Waals surface area contributed by atoms with Gasteiger partial charge in [-0.15, -0.1) is 0 Å². The number of nitrogens with one attached hydrogen (secondary N) is 1. The smallest absolute Gasteiger partial charge is 0.278 e. The van der Waals surface area contributed by atoms with E-state index >= 15 is 0 Å². The minimum atomic E-state index is -0.288.